The number of benzene rings is 1. The molecule has 2 rings (SSSR count). The summed E-state index contributed by atoms with van der Waals surface area (Å²) in [5.41, 5.74) is 0.811. The van der Waals surface area contributed by atoms with Crippen molar-refractivity contribution in [1.29, 1.82) is 0 Å². The molecule has 1 amide bonds. The van der Waals surface area contributed by atoms with Gasteiger partial charge in [-0.15, -0.1) is 0 Å². The second kappa shape index (κ2) is 14.8. The fourth-order valence-electron chi connectivity index (χ4n) is 3.43. The summed E-state index contributed by atoms with van der Waals surface area (Å²) < 4.78 is 37.5. The standard InChI is InChI=1S/C24H31NO12/c1-14(26)32-13-19-20(34-15(2)27)21(35-16(3)28)22(36-17(4)29)23(37-19)31-11-10-25-24(30)33-12-18-8-6-5-7-9-18/h5-9,19-23H,10-13H2,1-4H3,(H,25,30)/t19-,20-,21+,22+,23+/m1/s1. The summed E-state index contributed by atoms with van der Waals surface area (Å²) >= 11 is 0. The Morgan fingerprint density at radius 3 is 1.97 bits per heavy atom. The number of hydrogen-bond acceptors (Lipinski definition) is 12. The molecule has 5 atom stereocenters. The average molecular weight is 526 g/mol. The Balaban J connectivity index is 2.07. The van der Waals surface area contributed by atoms with Crippen LogP contribution in [0.5, 0.6) is 0 Å². The van der Waals surface area contributed by atoms with Gasteiger partial charge in [0.25, 0.3) is 0 Å². The van der Waals surface area contributed by atoms with Gasteiger partial charge >= 0.3 is 30.0 Å². The monoisotopic (exact) mass is 525 g/mol. The zero-order valence-electron chi connectivity index (χ0n) is 21.0. The van der Waals surface area contributed by atoms with Crippen LogP contribution in [0.15, 0.2) is 30.3 Å². The highest BCUT2D eigenvalue weighted by atomic mass is 16.7. The van der Waals surface area contributed by atoms with Gasteiger partial charge in [0.1, 0.15) is 19.3 Å². The van der Waals surface area contributed by atoms with Gasteiger partial charge in [-0.05, 0) is 5.56 Å². The number of alkyl carbamates (subject to hydrolysis) is 1. The van der Waals surface area contributed by atoms with Crippen LogP contribution >= 0.6 is 0 Å². The molecule has 1 N–H and O–H groups in total. The molecular weight excluding hydrogens is 494 g/mol. The number of hydrogen-bond donors (Lipinski definition) is 1. The number of esters is 4. The lowest BCUT2D eigenvalue weighted by atomic mass is 9.98. The molecule has 1 heterocycles. The molecule has 0 aromatic heterocycles. The number of rotatable bonds is 11. The van der Waals surface area contributed by atoms with Crippen molar-refractivity contribution >= 4 is 30.0 Å². The van der Waals surface area contributed by atoms with E-state index in [2.05, 4.69) is 5.32 Å². The minimum Gasteiger partial charge on any atom is -0.463 e. The highest BCUT2D eigenvalue weighted by Gasteiger charge is 2.52. The molecule has 1 aromatic rings. The largest absolute Gasteiger partial charge is 0.463 e. The van der Waals surface area contributed by atoms with Crippen LogP contribution in [-0.2, 0) is 58.9 Å². The van der Waals surface area contributed by atoms with E-state index in [9.17, 15) is 24.0 Å². The van der Waals surface area contributed by atoms with Crippen molar-refractivity contribution in [3.63, 3.8) is 0 Å². The van der Waals surface area contributed by atoms with Crippen LogP contribution in [0.4, 0.5) is 4.79 Å². The fraction of sp³-hybridized carbons (Fsp3) is 0.542. The minimum absolute atomic E-state index is 0.0134. The van der Waals surface area contributed by atoms with Crippen LogP contribution in [0.2, 0.25) is 0 Å². The second-order valence-electron chi connectivity index (χ2n) is 7.93. The van der Waals surface area contributed by atoms with Gasteiger partial charge in [-0.25, -0.2) is 4.79 Å². The molecule has 0 radical (unpaired) electrons. The number of ether oxygens (including phenoxy) is 7. The molecule has 0 saturated carbocycles. The van der Waals surface area contributed by atoms with Crippen molar-refractivity contribution < 1.29 is 57.1 Å². The highest BCUT2D eigenvalue weighted by Crippen LogP contribution is 2.29. The normalized spacial score (nSPS) is 22.8. The summed E-state index contributed by atoms with van der Waals surface area (Å²) in [6.45, 7) is 4.10. The number of amides is 1. The summed E-state index contributed by atoms with van der Waals surface area (Å²) in [4.78, 5) is 58.7. The quantitative estimate of drug-likeness (QED) is 0.248. The van der Waals surface area contributed by atoms with Gasteiger partial charge in [0.05, 0.1) is 6.61 Å². The smallest absolute Gasteiger partial charge is 0.407 e. The van der Waals surface area contributed by atoms with E-state index in [1.54, 1.807) is 12.1 Å². The number of carbonyl (C=O) groups excluding carboxylic acids is 5. The number of carbonyl (C=O) groups is 5. The topological polar surface area (TPSA) is 162 Å². The SMILES string of the molecule is CC(=O)OC[C@H]1O[C@H](OCCNC(=O)OCc2ccccc2)[C@@H](OC(C)=O)[C@@H](OC(C)=O)[C@@H]1OC(C)=O. The molecule has 0 bridgehead atoms. The highest BCUT2D eigenvalue weighted by molar-refractivity contribution is 5.69. The summed E-state index contributed by atoms with van der Waals surface area (Å²) in [5.74, 6) is -2.87. The van der Waals surface area contributed by atoms with E-state index in [-0.39, 0.29) is 26.4 Å². The van der Waals surface area contributed by atoms with Crippen LogP contribution in [0.1, 0.15) is 33.3 Å². The predicted octanol–water partition coefficient (Wildman–Crippen LogP) is 1.01. The van der Waals surface area contributed by atoms with E-state index < -0.39 is 60.7 Å². The molecule has 13 heteroatoms. The maximum atomic E-state index is 12.0. The van der Waals surface area contributed by atoms with E-state index in [1.165, 1.54) is 6.92 Å². The molecule has 1 saturated heterocycles. The maximum Gasteiger partial charge on any atom is 0.407 e. The van der Waals surface area contributed by atoms with Crippen LogP contribution < -0.4 is 5.32 Å². The third-order valence-electron chi connectivity index (χ3n) is 4.81. The van der Waals surface area contributed by atoms with Crippen LogP contribution in [0, 0.1) is 0 Å². The van der Waals surface area contributed by atoms with Gasteiger partial charge in [-0.2, -0.15) is 0 Å². The van der Waals surface area contributed by atoms with Crippen molar-refractivity contribution in [1.82, 2.24) is 5.32 Å². The third kappa shape index (κ3) is 10.4. The molecule has 0 spiro atoms. The molecule has 1 aromatic carbocycles. The summed E-state index contributed by atoms with van der Waals surface area (Å²) in [6.07, 6.45) is -7.11. The maximum absolute atomic E-state index is 12.0. The first-order chi connectivity index (χ1) is 17.6. The van der Waals surface area contributed by atoms with Crippen molar-refractivity contribution in [3.8, 4) is 0 Å². The zero-order chi connectivity index (χ0) is 27.4. The van der Waals surface area contributed by atoms with Crippen molar-refractivity contribution in [2.45, 2.75) is 65.0 Å². The van der Waals surface area contributed by atoms with Crippen LogP contribution in [0.3, 0.4) is 0 Å². The Hall–Kier alpha value is -3.71. The molecular formula is C24H31NO12. The van der Waals surface area contributed by atoms with Crippen LogP contribution in [0.25, 0.3) is 0 Å². The Kier molecular flexibility index (Phi) is 11.8. The van der Waals surface area contributed by atoms with Gasteiger partial charge in [0.15, 0.2) is 24.6 Å². The van der Waals surface area contributed by atoms with Crippen molar-refractivity contribution in [3.05, 3.63) is 35.9 Å². The first-order valence-electron chi connectivity index (χ1n) is 11.4. The zero-order valence-corrected chi connectivity index (χ0v) is 21.0. The lowest BCUT2D eigenvalue weighted by Crippen LogP contribution is -2.63. The van der Waals surface area contributed by atoms with E-state index in [0.717, 1.165) is 26.3 Å². The Morgan fingerprint density at radius 1 is 0.784 bits per heavy atom. The molecule has 204 valence electrons. The molecule has 0 aliphatic carbocycles. The van der Waals surface area contributed by atoms with E-state index in [4.69, 9.17) is 33.2 Å². The summed E-state index contributed by atoms with van der Waals surface area (Å²) in [5, 5.41) is 2.50. The van der Waals surface area contributed by atoms with Gasteiger partial charge in [-0.3, -0.25) is 19.2 Å². The Labute approximate surface area is 213 Å². The third-order valence-corrected chi connectivity index (χ3v) is 4.81. The van der Waals surface area contributed by atoms with Gasteiger partial charge in [0, 0.05) is 34.2 Å². The Bertz CT molecular complexity index is 937. The lowest BCUT2D eigenvalue weighted by Gasteiger charge is -2.44. The van der Waals surface area contributed by atoms with Crippen molar-refractivity contribution in [2.24, 2.45) is 0 Å². The van der Waals surface area contributed by atoms with E-state index >= 15 is 0 Å². The number of nitrogens with one attached hydrogen (secondary N) is 1. The molecule has 1 fully saturated rings. The minimum atomic E-state index is -1.34. The first-order valence-corrected chi connectivity index (χ1v) is 11.4. The molecule has 1 aliphatic heterocycles. The van der Waals surface area contributed by atoms with Gasteiger partial charge < -0.3 is 38.5 Å². The lowest BCUT2D eigenvalue weighted by molar-refractivity contribution is -0.307. The van der Waals surface area contributed by atoms with Crippen molar-refractivity contribution in [2.75, 3.05) is 19.8 Å². The average Bonchev–Trinajstić information content (AvgIpc) is 2.82. The fourth-order valence-corrected chi connectivity index (χ4v) is 3.43. The van der Waals surface area contributed by atoms with E-state index in [0.29, 0.717) is 0 Å². The molecule has 1 aliphatic rings. The van der Waals surface area contributed by atoms with Crippen LogP contribution in [-0.4, -0.2) is 80.4 Å². The molecule has 0 unspecified atom stereocenters. The Morgan fingerprint density at radius 2 is 1.38 bits per heavy atom. The molecule has 13 nitrogen and oxygen atoms in total. The van der Waals surface area contributed by atoms with E-state index in [1.807, 2.05) is 18.2 Å². The predicted molar refractivity (Wildman–Crippen MR) is 123 cm³/mol. The van der Waals surface area contributed by atoms with Gasteiger partial charge in [0.2, 0.25) is 0 Å². The second-order valence-corrected chi connectivity index (χ2v) is 7.93. The molecule has 37 heavy (non-hydrogen) atoms. The summed E-state index contributed by atoms with van der Waals surface area (Å²) in [6, 6.07) is 9.09. The van der Waals surface area contributed by atoms with Gasteiger partial charge in [-0.1, -0.05) is 30.3 Å². The first kappa shape index (κ1) is 29.5. The summed E-state index contributed by atoms with van der Waals surface area (Å²) in [7, 11) is 0.